The maximum Gasteiger partial charge on any atom is 0.227 e. The van der Waals surface area contributed by atoms with Crippen molar-refractivity contribution in [2.45, 2.75) is 25.9 Å². The minimum atomic E-state index is 0.263. The van der Waals surface area contributed by atoms with Crippen LogP contribution in [0.2, 0.25) is 0 Å². The van der Waals surface area contributed by atoms with Crippen LogP contribution >= 0.6 is 11.5 Å². The van der Waals surface area contributed by atoms with Crippen molar-refractivity contribution >= 4 is 44.2 Å². The van der Waals surface area contributed by atoms with E-state index < -0.39 is 0 Å². The Labute approximate surface area is 198 Å². The van der Waals surface area contributed by atoms with Gasteiger partial charge in [0.15, 0.2) is 0 Å². The molecular weight excluding hydrogens is 430 g/mol. The van der Waals surface area contributed by atoms with Crippen LogP contribution in [0.15, 0.2) is 54.7 Å². The molecule has 4 heterocycles. The molecule has 2 aliphatic heterocycles. The number of aromatic nitrogens is 2. The van der Waals surface area contributed by atoms with Crippen LogP contribution in [-0.4, -0.2) is 63.9 Å². The third-order valence-electron chi connectivity index (χ3n) is 7.05. The highest BCUT2D eigenvalue weighted by Gasteiger charge is 2.23. The van der Waals surface area contributed by atoms with Gasteiger partial charge >= 0.3 is 0 Å². The van der Waals surface area contributed by atoms with Gasteiger partial charge in [-0.15, -0.1) is 0 Å². The fourth-order valence-corrected chi connectivity index (χ4v) is 6.03. The molecule has 0 atom stereocenters. The predicted molar refractivity (Wildman–Crippen MR) is 135 cm³/mol. The molecule has 0 N–H and O–H groups in total. The number of amides is 1. The highest BCUT2D eigenvalue weighted by molar-refractivity contribution is 7.13. The number of nitrogens with zero attached hydrogens (tertiary/aromatic N) is 5. The van der Waals surface area contributed by atoms with Crippen LogP contribution in [-0.2, 0) is 17.9 Å². The normalized spacial score (nSPS) is 17.5. The van der Waals surface area contributed by atoms with E-state index in [9.17, 15) is 4.79 Å². The molecule has 0 unspecified atom stereocenters. The van der Waals surface area contributed by atoms with Gasteiger partial charge in [0, 0.05) is 61.8 Å². The van der Waals surface area contributed by atoms with E-state index in [1.807, 2.05) is 4.90 Å². The lowest BCUT2D eigenvalue weighted by atomic mass is 10.1. The quantitative estimate of drug-likeness (QED) is 0.449. The topological polar surface area (TPSA) is 44.6 Å². The summed E-state index contributed by atoms with van der Waals surface area (Å²) in [5, 5.41) is 2.47. The van der Waals surface area contributed by atoms with E-state index in [0.29, 0.717) is 6.42 Å². The summed E-state index contributed by atoms with van der Waals surface area (Å²) < 4.78 is 8.32. The second kappa shape index (κ2) is 8.80. The van der Waals surface area contributed by atoms with E-state index in [1.165, 1.54) is 21.0 Å². The number of likely N-dealkylation sites (tertiary alicyclic amines) is 1. The first-order valence-electron chi connectivity index (χ1n) is 11.9. The fraction of sp³-hybridized carbons (Fsp3) is 0.385. The van der Waals surface area contributed by atoms with Crippen molar-refractivity contribution in [3.63, 3.8) is 0 Å². The Morgan fingerprint density at radius 3 is 2.42 bits per heavy atom. The number of benzene rings is 2. The molecule has 2 saturated heterocycles. The van der Waals surface area contributed by atoms with Crippen LogP contribution in [0.4, 0.5) is 5.82 Å². The van der Waals surface area contributed by atoms with Crippen molar-refractivity contribution in [2.24, 2.45) is 0 Å². The lowest BCUT2D eigenvalue weighted by Crippen LogP contribution is -2.46. The number of para-hydroxylation sites is 1. The smallest absolute Gasteiger partial charge is 0.227 e. The third kappa shape index (κ3) is 4.00. The first-order chi connectivity index (χ1) is 16.3. The van der Waals surface area contributed by atoms with Crippen molar-refractivity contribution in [1.82, 2.24) is 18.7 Å². The van der Waals surface area contributed by atoms with Crippen LogP contribution in [0.1, 0.15) is 18.4 Å². The van der Waals surface area contributed by atoms with Gasteiger partial charge in [-0.1, -0.05) is 30.3 Å². The summed E-state index contributed by atoms with van der Waals surface area (Å²) >= 11 is 1.59. The Morgan fingerprint density at radius 2 is 1.61 bits per heavy atom. The first-order valence-corrected chi connectivity index (χ1v) is 12.7. The molecule has 0 spiro atoms. The molecular formula is C26H29N5OS. The van der Waals surface area contributed by atoms with Crippen LogP contribution in [0.5, 0.6) is 0 Å². The molecule has 0 bridgehead atoms. The average molecular weight is 460 g/mol. The van der Waals surface area contributed by atoms with Crippen LogP contribution in [0.3, 0.4) is 0 Å². The highest BCUT2D eigenvalue weighted by atomic mass is 32.1. The molecule has 6 nitrogen and oxygen atoms in total. The van der Waals surface area contributed by atoms with E-state index in [4.69, 9.17) is 4.37 Å². The molecule has 0 aliphatic carbocycles. The van der Waals surface area contributed by atoms with Gasteiger partial charge in [0.05, 0.1) is 17.8 Å². The Bertz CT molecular complexity index is 1280. The Kier molecular flexibility index (Phi) is 5.52. The van der Waals surface area contributed by atoms with E-state index in [2.05, 4.69) is 69.1 Å². The predicted octanol–water partition coefficient (Wildman–Crippen LogP) is 4.20. The summed E-state index contributed by atoms with van der Waals surface area (Å²) in [6, 6.07) is 17.0. The van der Waals surface area contributed by atoms with Gasteiger partial charge in [0.2, 0.25) is 5.91 Å². The zero-order valence-corrected chi connectivity index (χ0v) is 19.6. The molecule has 0 radical (unpaired) electrons. The van der Waals surface area contributed by atoms with E-state index in [-0.39, 0.29) is 5.91 Å². The second-order valence-electron chi connectivity index (χ2n) is 9.15. The van der Waals surface area contributed by atoms with Gasteiger partial charge in [0.25, 0.3) is 0 Å². The minimum Gasteiger partial charge on any atom is -0.353 e. The summed E-state index contributed by atoms with van der Waals surface area (Å²) in [6.07, 6.45) is 4.98. The molecule has 2 aromatic heterocycles. The number of anilines is 1. The van der Waals surface area contributed by atoms with E-state index in [0.717, 1.165) is 70.2 Å². The first kappa shape index (κ1) is 20.7. The summed E-state index contributed by atoms with van der Waals surface area (Å²) in [7, 11) is 0. The molecule has 33 heavy (non-hydrogen) atoms. The number of piperazine rings is 1. The molecule has 0 saturated carbocycles. The van der Waals surface area contributed by atoms with Gasteiger partial charge in [-0.3, -0.25) is 9.69 Å². The van der Waals surface area contributed by atoms with Crippen LogP contribution in [0.25, 0.3) is 21.0 Å². The largest absolute Gasteiger partial charge is 0.353 e. The van der Waals surface area contributed by atoms with Gasteiger partial charge in [-0.05, 0) is 48.1 Å². The molecule has 170 valence electrons. The third-order valence-corrected chi connectivity index (χ3v) is 7.87. The summed E-state index contributed by atoms with van der Waals surface area (Å²) in [5.74, 6) is 1.39. The minimum absolute atomic E-state index is 0.263. The monoisotopic (exact) mass is 459 g/mol. The summed E-state index contributed by atoms with van der Waals surface area (Å²) in [4.78, 5) is 19.7. The zero-order chi connectivity index (χ0) is 22.2. The van der Waals surface area contributed by atoms with Gasteiger partial charge < -0.3 is 14.4 Å². The van der Waals surface area contributed by atoms with Gasteiger partial charge in [-0.25, -0.2) is 0 Å². The van der Waals surface area contributed by atoms with Crippen LogP contribution in [0, 0.1) is 0 Å². The molecule has 7 heteroatoms. The van der Waals surface area contributed by atoms with Crippen molar-refractivity contribution in [3.8, 4) is 0 Å². The van der Waals surface area contributed by atoms with Gasteiger partial charge in [-0.2, -0.15) is 4.37 Å². The van der Waals surface area contributed by atoms with Crippen molar-refractivity contribution in [2.75, 3.05) is 44.2 Å². The highest BCUT2D eigenvalue weighted by Crippen LogP contribution is 2.30. The Hall–Kier alpha value is -2.90. The fourth-order valence-electron chi connectivity index (χ4n) is 5.24. The Balaban J connectivity index is 1.16. The second-order valence-corrected chi connectivity index (χ2v) is 9.96. The average Bonchev–Trinajstić information content (AvgIpc) is 3.60. The molecule has 2 fully saturated rings. The van der Waals surface area contributed by atoms with E-state index >= 15 is 0 Å². The number of carbonyl (C=O) groups excluding carboxylic acids is 1. The zero-order valence-electron chi connectivity index (χ0n) is 18.8. The van der Waals surface area contributed by atoms with Crippen molar-refractivity contribution in [3.05, 3.63) is 60.3 Å². The van der Waals surface area contributed by atoms with E-state index in [1.54, 1.807) is 11.5 Å². The summed E-state index contributed by atoms with van der Waals surface area (Å²) in [6.45, 7) is 6.64. The molecule has 4 aromatic rings. The molecule has 1 amide bonds. The number of rotatable bonds is 5. The maximum absolute atomic E-state index is 12.8. The van der Waals surface area contributed by atoms with Crippen LogP contribution < -0.4 is 4.90 Å². The lowest BCUT2D eigenvalue weighted by molar-refractivity contribution is -0.129. The number of hydrogen-bond acceptors (Lipinski definition) is 5. The van der Waals surface area contributed by atoms with Crippen molar-refractivity contribution < 1.29 is 4.79 Å². The maximum atomic E-state index is 12.8. The molecule has 6 rings (SSSR count). The number of fused-ring (bicyclic) bond motifs is 2. The lowest BCUT2D eigenvalue weighted by Gasteiger charge is -2.35. The standard InChI is InChI=1S/C26H29N5OS/c32-25(29-11-5-6-12-29)17-20-18-31(23-9-3-1-7-21(20)23)19-28-13-15-30(16-14-28)26-22-8-2-4-10-24(22)33-27-26/h1-4,7-10,18H,5-6,11-17,19H2. The number of hydrogen-bond donors (Lipinski definition) is 0. The van der Waals surface area contributed by atoms with Crippen molar-refractivity contribution in [1.29, 1.82) is 0 Å². The number of carbonyl (C=O) groups is 1. The molecule has 2 aliphatic rings. The SMILES string of the molecule is O=C(Cc1cn(CN2CCN(c3nsc4ccccc34)CC2)c2ccccc12)N1CCCC1. The van der Waals surface area contributed by atoms with Gasteiger partial charge in [0.1, 0.15) is 5.82 Å². The summed E-state index contributed by atoms with van der Waals surface area (Å²) in [5.41, 5.74) is 2.37. The molecule has 2 aromatic carbocycles. The Morgan fingerprint density at radius 1 is 0.879 bits per heavy atom.